The van der Waals surface area contributed by atoms with E-state index in [1.165, 1.54) is 5.56 Å². The number of ether oxygens (including phenoxy) is 1. The second-order valence-electron chi connectivity index (χ2n) is 8.05. The SMILES string of the molecule is COc1ccc([C@@H]2SSC(C)(C)[C@H]2OP(OCCC#N)N(C(C)C)C(C)C)cc1. The summed E-state index contributed by atoms with van der Waals surface area (Å²) in [5, 5.41) is 9.14. The average molecular weight is 457 g/mol. The number of rotatable bonds is 10. The summed E-state index contributed by atoms with van der Waals surface area (Å²) in [7, 11) is 4.12. The lowest BCUT2D eigenvalue weighted by atomic mass is 9.98. The Bertz CT molecular complexity index is 671. The molecule has 8 heteroatoms. The summed E-state index contributed by atoms with van der Waals surface area (Å²) in [5.74, 6) is 0.856. The zero-order valence-electron chi connectivity index (χ0n) is 18.4. The highest BCUT2D eigenvalue weighted by molar-refractivity contribution is 8.77. The molecule has 3 atom stereocenters. The van der Waals surface area contributed by atoms with Gasteiger partial charge in [-0.2, -0.15) is 5.26 Å². The Morgan fingerprint density at radius 3 is 2.31 bits per heavy atom. The summed E-state index contributed by atoms with van der Waals surface area (Å²) in [6, 6.07) is 11.0. The number of nitrogens with zero attached hydrogens (tertiary/aromatic N) is 2. The zero-order chi connectivity index (χ0) is 21.6. The quantitative estimate of drug-likeness (QED) is 0.224. The van der Waals surface area contributed by atoms with E-state index in [0.717, 1.165) is 5.75 Å². The van der Waals surface area contributed by atoms with E-state index in [0.29, 0.717) is 13.0 Å². The molecule has 1 aliphatic rings. The molecular formula is C21H33N2O3PS2. The molecule has 1 aromatic rings. The van der Waals surface area contributed by atoms with E-state index >= 15 is 0 Å². The summed E-state index contributed by atoms with van der Waals surface area (Å²) in [5.41, 5.74) is 1.23. The topological polar surface area (TPSA) is 54.7 Å². The zero-order valence-corrected chi connectivity index (χ0v) is 20.9. The Morgan fingerprint density at radius 2 is 1.79 bits per heavy atom. The van der Waals surface area contributed by atoms with Gasteiger partial charge >= 0.3 is 0 Å². The van der Waals surface area contributed by atoms with E-state index in [9.17, 15) is 0 Å². The second kappa shape index (κ2) is 11.2. The minimum atomic E-state index is -1.28. The number of hydrogen-bond donors (Lipinski definition) is 0. The molecule has 1 fully saturated rings. The van der Waals surface area contributed by atoms with Gasteiger partial charge in [0.25, 0.3) is 8.53 Å². The van der Waals surface area contributed by atoms with Crippen LogP contribution in [0.1, 0.15) is 58.8 Å². The summed E-state index contributed by atoms with van der Waals surface area (Å²) >= 11 is 0. The largest absolute Gasteiger partial charge is 0.497 e. The third kappa shape index (κ3) is 6.50. The van der Waals surface area contributed by atoms with Gasteiger partial charge in [-0.1, -0.05) is 33.7 Å². The van der Waals surface area contributed by atoms with E-state index < -0.39 is 8.53 Å². The molecule has 0 saturated carbocycles. The maximum atomic E-state index is 8.94. The normalized spacial score (nSPS) is 22.2. The van der Waals surface area contributed by atoms with Gasteiger partial charge in [-0.05, 0) is 59.2 Å². The highest BCUT2D eigenvalue weighted by Crippen LogP contribution is 2.63. The number of hydrogen-bond acceptors (Lipinski definition) is 7. The van der Waals surface area contributed by atoms with Crippen molar-refractivity contribution in [1.29, 1.82) is 5.26 Å². The Labute approximate surface area is 185 Å². The van der Waals surface area contributed by atoms with Crippen LogP contribution in [0.5, 0.6) is 5.75 Å². The van der Waals surface area contributed by atoms with Crippen LogP contribution in [0.2, 0.25) is 0 Å². The van der Waals surface area contributed by atoms with Crippen LogP contribution in [-0.2, 0) is 9.05 Å². The molecule has 1 heterocycles. The van der Waals surface area contributed by atoms with E-state index in [1.807, 2.05) is 33.7 Å². The van der Waals surface area contributed by atoms with E-state index in [-0.39, 0.29) is 28.2 Å². The molecule has 1 aromatic carbocycles. The monoisotopic (exact) mass is 456 g/mol. The van der Waals surface area contributed by atoms with Crippen molar-refractivity contribution >= 4 is 30.1 Å². The Kier molecular flexibility index (Phi) is 9.60. The van der Waals surface area contributed by atoms with Crippen molar-refractivity contribution in [3.8, 4) is 11.8 Å². The molecule has 0 bridgehead atoms. The summed E-state index contributed by atoms with van der Waals surface area (Å²) in [6.07, 6.45) is 0.352. The first kappa shape index (κ1) is 24.8. The van der Waals surface area contributed by atoms with Crippen LogP contribution < -0.4 is 4.74 Å². The standard InChI is InChI=1S/C21H33N2O3PS2/c1-15(2)23(16(3)4)27(25-14-8-13-22)26-20-19(28-29-21(20,5)6)17-9-11-18(24-7)12-10-17/h9-12,15-16,19-20H,8,14H2,1-7H3/t19-,20-,27?/m0/s1. The van der Waals surface area contributed by atoms with Crippen molar-refractivity contribution in [3.63, 3.8) is 0 Å². The van der Waals surface area contributed by atoms with Gasteiger partial charge in [0.1, 0.15) is 5.75 Å². The van der Waals surface area contributed by atoms with Crippen LogP contribution in [-0.4, -0.2) is 41.3 Å². The molecule has 0 aromatic heterocycles. The molecule has 0 amide bonds. The van der Waals surface area contributed by atoms with Gasteiger partial charge in [0, 0.05) is 16.8 Å². The van der Waals surface area contributed by atoms with Crippen LogP contribution in [0, 0.1) is 11.3 Å². The first-order valence-electron chi connectivity index (χ1n) is 9.94. The molecule has 162 valence electrons. The predicted octanol–water partition coefficient (Wildman–Crippen LogP) is 6.57. The predicted molar refractivity (Wildman–Crippen MR) is 125 cm³/mol. The van der Waals surface area contributed by atoms with E-state index in [2.05, 4.69) is 64.4 Å². The van der Waals surface area contributed by atoms with Gasteiger partial charge in [-0.3, -0.25) is 0 Å². The molecule has 0 aliphatic carbocycles. The van der Waals surface area contributed by atoms with E-state index in [1.54, 1.807) is 7.11 Å². The molecule has 1 saturated heterocycles. The van der Waals surface area contributed by atoms with Crippen molar-refractivity contribution in [1.82, 2.24) is 4.67 Å². The lowest BCUT2D eigenvalue weighted by Crippen LogP contribution is -2.39. The molecule has 0 spiro atoms. The molecular weight excluding hydrogens is 423 g/mol. The molecule has 0 N–H and O–H groups in total. The molecule has 29 heavy (non-hydrogen) atoms. The minimum absolute atomic E-state index is 0.0147. The first-order chi connectivity index (χ1) is 13.7. The number of methoxy groups -OCH3 is 1. The highest BCUT2D eigenvalue weighted by Gasteiger charge is 2.48. The number of benzene rings is 1. The summed E-state index contributed by atoms with van der Waals surface area (Å²) in [6.45, 7) is 13.5. The lowest BCUT2D eigenvalue weighted by Gasteiger charge is -2.39. The van der Waals surface area contributed by atoms with Crippen molar-refractivity contribution in [3.05, 3.63) is 29.8 Å². The van der Waals surface area contributed by atoms with Gasteiger partial charge < -0.3 is 13.8 Å². The minimum Gasteiger partial charge on any atom is -0.497 e. The van der Waals surface area contributed by atoms with Gasteiger partial charge in [0.05, 0.1) is 37.6 Å². The first-order valence-corrected chi connectivity index (χ1v) is 13.3. The fraction of sp³-hybridized carbons (Fsp3) is 0.667. The van der Waals surface area contributed by atoms with Gasteiger partial charge in [-0.15, -0.1) is 0 Å². The molecule has 5 nitrogen and oxygen atoms in total. The van der Waals surface area contributed by atoms with Gasteiger partial charge in [0.15, 0.2) is 0 Å². The second-order valence-corrected chi connectivity index (χ2v) is 12.5. The fourth-order valence-electron chi connectivity index (χ4n) is 3.24. The third-order valence-corrected chi connectivity index (χ3v) is 10.4. The summed E-state index contributed by atoms with van der Waals surface area (Å²) < 4.78 is 20.5. The molecule has 0 radical (unpaired) electrons. The summed E-state index contributed by atoms with van der Waals surface area (Å²) in [4.78, 5) is 0. The third-order valence-electron chi connectivity index (χ3n) is 4.64. The van der Waals surface area contributed by atoms with Crippen LogP contribution in [0.25, 0.3) is 0 Å². The van der Waals surface area contributed by atoms with Gasteiger partial charge in [0.2, 0.25) is 0 Å². The van der Waals surface area contributed by atoms with Crippen LogP contribution in [0.4, 0.5) is 0 Å². The van der Waals surface area contributed by atoms with Crippen molar-refractivity contribution in [2.45, 2.75) is 76.1 Å². The van der Waals surface area contributed by atoms with Crippen LogP contribution >= 0.6 is 30.1 Å². The Hall–Kier alpha value is -0.480. The number of nitriles is 1. The maximum absolute atomic E-state index is 8.94. The smallest absolute Gasteiger partial charge is 0.259 e. The van der Waals surface area contributed by atoms with E-state index in [4.69, 9.17) is 19.0 Å². The highest BCUT2D eigenvalue weighted by atomic mass is 33.1. The van der Waals surface area contributed by atoms with Crippen molar-refractivity contribution in [2.75, 3.05) is 13.7 Å². The lowest BCUT2D eigenvalue weighted by molar-refractivity contribution is 0.114. The van der Waals surface area contributed by atoms with Gasteiger partial charge in [-0.25, -0.2) is 4.67 Å². The maximum Gasteiger partial charge on any atom is 0.259 e. The average Bonchev–Trinajstić information content (AvgIpc) is 2.96. The molecule has 1 aliphatic heterocycles. The Balaban J connectivity index is 2.28. The molecule has 2 rings (SSSR count). The Morgan fingerprint density at radius 1 is 1.17 bits per heavy atom. The van der Waals surface area contributed by atoms with Crippen LogP contribution in [0.15, 0.2) is 24.3 Å². The molecule has 1 unspecified atom stereocenters. The van der Waals surface area contributed by atoms with Crippen LogP contribution in [0.3, 0.4) is 0 Å². The van der Waals surface area contributed by atoms with Crippen molar-refractivity contribution < 1.29 is 13.8 Å². The fourth-order valence-corrected chi connectivity index (χ4v) is 8.73. The van der Waals surface area contributed by atoms with Crippen molar-refractivity contribution in [2.24, 2.45) is 0 Å².